The molecule has 2 aromatic carbocycles. The van der Waals surface area contributed by atoms with Crippen molar-refractivity contribution in [2.24, 2.45) is 22.7 Å². The molecule has 1 saturated heterocycles. The number of nitriles is 1. The molecule has 4 aliphatic rings. The Morgan fingerprint density at radius 2 is 1.84 bits per heavy atom. The number of pyridine rings is 1. The van der Waals surface area contributed by atoms with Gasteiger partial charge < -0.3 is 28.5 Å². The van der Waals surface area contributed by atoms with Crippen LogP contribution in [0.25, 0.3) is 11.3 Å². The summed E-state index contributed by atoms with van der Waals surface area (Å²) in [5, 5.41) is 21.7. The molecule has 262 valence electrons. The first-order chi connectivity index (χ1) is 24.5. The number of rotatable bonds is 4. The van der Waals surface area contributed by atoms with E-state index in [4.69, 9.17) is 23.4 Å². The molecule has 51 heavy (non-hydrogen) atoms. The van der Waals surface area contributed by atoms with Crippen molar-refractivity contribution in [2.45, 2.75) is 77.2 Å². The minimum Gasteiger partial charge on any atom is -0.482 e. The fourth-order valence-corrected chi connectivity index (χ4v) is 9.75. The standard InChI is InChI=1S/C41H40N2O8/c1-23-8-5-6-10-27(23)38-47-22-40(3)30-19-32(49-36(45)25-13-11-24(20-42)12-14-25)41(4)35(39(30,2)16-15-31(40)50-38)34(44)33-29(51-41)18-28(48-37(33)46)26-9-7-17-43-21-26/h5-14,17-18,21,30-32,34-35,38,44H,15-16,19,22H2,1-4H3/t30?,31-,32-,34?,35?,38+,39-,40-,41+/m0/s1. The molecule has 2 aliphatic heterocycles. The third-order valence-corrected chi connectivity index (χ3v) is 12.3. The summed E-state index contributed by atoms with van der Waals surface area (Å²) in [5.74, 6) is -0.981. The number of hydrogen-bond donors (Lipinski definition) is 1. The first-order valence-electron chi connectivity index (χ1n) is 17.5. The van der Waals surface area contributed by atoms with Crippen LogP contribution < -0.4 is 10.4 Å². The normalized spacial score (nSPS) is 33.6. The van der Waals surface area contributed by atoms with Crippen molar-refractivity contribution in [3.63, 3.8) is 0 Å². The van der Waals surface area contributed by atoms with Crippen LogP contribution >= 0.6 is 0 Å². The van der Waals surface area contributed by atoms with Crippen LogP contribution in [0.1, 0.15) is 85.0 Å². The van der Waals surface area contributed by atoms with Crippen molar-refractivity contribution in [3.05, 3.63) is 117 Å². The maximum absolute atomic E-state index is 13.8. The minimum absolute atomic E-state index is 0.0483. The molecule has 0 spiro atoms. The first kappa shape index (κ1) is 33.3. The van der Waals surface area contributed by atoms with Gasteiger partial charge in [-0.3, -0.25) is 4.98 Å². The Morgan fingerprint density at radius 3 is 2.57 bits per heavy atom. The van der Waals surface area contributed by atoms with Gasteiger partial charge in [-0.2, -0.15) is 5.26 Å². The molecule has 1 N–H and O–H groups in total. The lowest BCUT2D eigenvalue weighted by Crippen LogP contribution is -2.72. The highest BCUT2D eigenvalue weighted by molar-refractivity contribution is 5.89. The van der Waals surface area contributed by atoms with Crippen molar-refractivity contribution in [1.29, 1.82) is 5.26 Å². The van der Waals surface area contributed by atoms with Gasteiger partial charge in [-0.05, 0) is 86.4 Å². The Hall–Kier alpha value is -4.82. The molecule has 3 fully saturated rings. The van der Waals surface area contributed by atoms with Crippen LogP contribution in [0.2, 0.25) is 0 Å². The lowest BCUT2D eigenvalue weighted by molar-refractivity contribution is -0.330. The SMILES string of the molecule is Cc1ccccc1[C@@H]1OC[C@@]2(C)C3C[C@H](OC(=O)c4ccc(C#N)cc4)[C@@]4(C)Oc5cc(-c6cccnc6)oc(=O)c5C(O)C4[C@@]3(C)CC[C@@H]2O1. The van der Waals surface area contributed by atoms with Crippen LogP contribution in [0.3, 0.4) is 0 Å². The number of esters is 1. The summed E-state index contributed by atoms with van der Waals surface area (Å²) >= 11 is 0. The summed E-state index contributed by atoms with van der Waals surface area (Å²) in [6.07, 6.45) is 2.17. The van der Waals surface area contributed by atoms with Gasteiger partial charge in [0.1, 0.15) is 28.8 Å². The van der Waals surface area contributed by atoms with Gasteiger partial charge in [-0.25, -0.2) is 9.59 Å². The van der Waals surface area contributed by atoms with E-state index >= 15 is 0 Å². The van der Waals surface area contributed by atoms with Crippen LogP contribution in [-0.4, -0.2) is 40.5 Å². The number of benzene rings is 2. The Balaban J connectivity index is 1.21. The maximum Gasteiger partial charge on any atom is 0.345 e. The predicted molar refractivity (Wildman–Crippen MR) is 184 cm³/mol. The van der Waals surface area contributed by atoms with Gasteiger partial charge in [-0.15, -0.1) is 0 Å². The second-order valence-corrected chi connectivity index (χ2v) is 15.2. The van der Waals surface area contributed by atoms with Crippen LogP contribution in [0.5, 0.6) is 5.75 Å². The minimum atomic E-state index is -1.29. The molecule has 2 saturated carbocycles. The van der Waals surface area contributed by atoms with Gasteiger partial charge in [0.05, 0.1) is 36.0 Å². The Bertz CT molecular complexity index is 2090. The second-order valence-electron chi connectivity index (χ2n) is 15.2. The molecule has 10 nitrogen and oxygen atoms in total. The van der Waals surface area contributed by atoms with Crippen LogP contribution in [0.4, 0.5) is 0 Å². The molecule has 0 radical (unpaired) electrons. The zero-order valence-corrected chi connectivity index (χ0v) is 29.0. The van der Waals surface area contributed by atoms with E-state index in [1.54, 1.807) is 54.9 Å². The molecular formula is C41H40N2O8. The van der Waals surface area contributed by atoms with Crippen molar-refractivity contribution in [1.82, 2.24) is 4.98 Å². The largest absolute Gasteiger partial charge is 0.482 e. The van der Waals surface area contributed by atoms with E-state index in [2.05, 4.69) is 24.9 Å². The van der Waals surface area contributed by atoms with Gasteiger partial charge in [0, 0.05) is 40.9 Å². The molecule has 2 aromatic heterocycles. The van der Waals surface area contributed by atoms with E-state index in [-0.39, 0.29) is 34.7 Å². The number of hydrogen-bond acceptors (Lipinski definition) is 10. The number of aliphatic hydroxyl groups is 1. The summed E-state index contributed by atoms with van der Waals surface area (Å²) in [6, 6.07) is 21.5. The summed E-state index contributed by atoms with van der Waals surface area (Å²) in [7, 11) is 0. The fraction of sp³-hybridized carbons (Fsp3) is 0.415. The summed E-state index contributed by atoms with van der Waals surface area (Å²) in [4.78, 5) is 31.7. The molecule has 9 atom stereocenters. The van der Waals surface area contributed by atoms with Crippen molar-refractivity contribution in [3.8, 4) is 23.1 Å². The molecule has 10 heteroatoms. The van der Waals surface area contributed by atoms with Crippen LogP contribution in [0, 0.1) is 40.9 Å². The van der Waals surface area contributed by atoms with Gasteiger partial charge >= 0.3 is 11.6 Å². The van der Waals surface area contributed by atoms with Crippen LogP contribution in [-0.2, 0) is 14.2 Å². The van der Waals surface area contributed by atoms with E-state index in [1.807, 2.05) is 38.1 Å². The van der Waals surface area contributed by atoms with Gasteiger partial charge in [0.25, 0.3) is 0 Å². The van der Waals surface area contributed by atoms with Gasteiger partial charge in [-0.1, -0.05) is 38.1 Å². The Morgan fingerprint density at radius 1 is 1.06 bits per heavy atom. The van der Waals surface area contributed by atoms with Crippen LogP contribution in [0.15, 0.2) is 88.3 Å². The molecular weight excluding hydrogens is 648 g/mol. The third kappa shape index (κ3) is 5.21. The fourth-order valence-electron chi connectivity index (χ4n) is 9.75. The highest BCUT2D eigenvalue weighted by Gasteiger charge is 2.71. The van der Waals surface area contributed by atoms with E-state index in [0.717, 1.165) is 11.1 Å². The smallest absolute Gasteiger partial charge is 0.345 e. The summed E-state index contributed by atoms with van der Waals surface area (Å²) in [6.45, 7) is 8.62. The number of aliphatic hydroxyl groups excluding tert-OH is 1. The molecule has 4 heterocycles. The predicted octanol–water partition coefficient (Wildman–Crippen LogP) is 6.85. The molecule has 3 unspecified atom stereocenters. The average molecular weight is 689 g/mol. The van der Waals surface area contributed by atoms with E-state index in [0.29, 0.717) is 37.0 Å². The van der Waals surface area contributed by atoms with Crippen molar-refractivity contribution >= 4 is 5.97 Å². The molecule has 0 amide bonds. The van der Waals surface area contributed by atoms with E-state index in [1.165, 1.54) is 0 Å². The number of ether oxygens (including phenoxy) is 4. The maximum atomic E-state index is 13.8. The third-order valence-electron chi connectivity index (χ3n) is 12.3. The Kier molecular flexibility index (Phi) is 7.94. The zero-order valence-electron chi connectivity index (χ0n) is 29.0. The number of aryl methyl sites for hydroxylation is 1. The van der Waals surface area contributed by atoms with Crippen molar-refractivity contribution < 1.29 is 33.3 Å². The van der Waals surface area contributed by atoms with E-state index < -0.39 is 52.4 Å². The average Bonchev–Trinajstić information content (AvgIpc) is 3.12. The second kappa shape index (κ2) is 12.2. The summed E-state index contributed by atoms with van der Waals surface area (Å²) in [5.41, 5.74) is 0.357. The van der Waals surface area contributed by atoms with E-state index in [9.17, 15) is 20.0 Å². The summed E-state index contributed by atoms with van der Waals surface area (Å²) < 4.78 is 32.3. The quantitative estimate of drug-likeness (QED) is 0.226. The number of fused-ring (bicyclic) bond motifs is 6. The monoisotopic (exact) mass is 688 g/mol. The molecule has 2 aliphatic carbocycles. The molecule has 4 aromatic rings. The van der Waals surface area contributed by atoms with Gasteiger partial charge in [0.2, 0.25) is 0 Å². The number of nitrogens with zero attached hydrogens (tertiary/aromatic N) is 2. The lowest BCUT2D eigenvalue weighted by Gasteiger charge is -2.67. The number of aromatic nitrogens is 1. The topological polar surface area (TPSA) is 141 Å². The Labute approximate surface area is 296 Å². The van der Waals surface area contributed by atoms with Crippen molar-refractivity contribution in [2.75, 3.05) is 6.61 Å². The number of carbonyl (C=O) groups is 1. The van der Waals surface area contributed by atoms with Gasteiger partial charge in [0.15, 0.2) is 6.29 Å². The molecule has 8 rings (SSSR count). The molecule has 0 bridgehead atoms. The highest BCUT2D eigenvalue weighted by Crippen LogP contribution is 2.68. The first-order valence-corrected chi connectivity index (χ1v) is 17.5. The zero-order chi connectivity index (χ0) is 35.7. The number of carbonyl (C=O) groups excluding carboxylic acids is 1. The lowest BCUT2D eigenvalue weighted by atomic mass is 9.42. The highest BCUT2D eigenvalue weighted by atomic mass is 16.7.